The quantitative estimate of drug-likeness (QED) is 0.782. The van der Waals surface area contributed by atoms with Gasteiger partial charge in [-0.05, 0) is 30.7 Å². The molecule has 2 rings (SSSR count). The van der Waals surface area contributed by atoms with E-state index in [1.807, 2.05) is 61.5 Å². The molecular formula is C18H21NO3S. The van der Waals surface area contributed by atoms with Crippen LogP contribution >= 0.6 is 0 Å². The number of hydrogen-bond acceptors (Lipinski definition) is 3. The molecule has 0 saturated carbocycles. The fourth-order valence-corrected chi connectivity index (χ4v) is 2.75. The molecule has 0 aliphatic heterocycles. The molecule has 122 valence electrons. The Morgan fingerprint density at radius 3 is 2.35 bits per heavy atom. The molecule has 5 heteroatoms. The largest absolute Gasteiger partial charge is 0.492 e. The van der Waals surface area contributed by atoms with E-state index in [2.05, 4.69) is 0 Å². The summed E-state index contributed by atoms with van der Waals surface area (Å²) in [6.45, 7) is 2.59. The summed E-state index contributed by atoms with van der Waals surface area (Å²) in [5.41, 5.74) is 2.00. The maximum atomic E-state index is 12.2. The number of benzene rings is 2. The Kier molecular flexibility index (Phi) is 5.96. The van der Waals surface area contributed by atoms with Crippen LogP contribution in [-0.2, 0) is 10.0 Å². The number of aryl methyl sites for hydroxylation is 1. The predicted octanol–water partition coefficient (Wildman–Crippen LogP) is 3.31. The van der Waals surface area contributed by atoms with Crippen LogP contribution in [0.4, 0.5) is 0 Å². The van der Waals surface area contributed by atoms with Crippen molar-refractivity contribution >= 4 is 16.1 Å². The van der Waals surface area contributed by atoms with Gasteiger partial charge in [0.1, 0.15) is 12.4 Å². The topological polar surface area (TPSA) is 46.6 Å². The second kappa shape index (κ2) is 7.94. The van der Waals surface area contributed by atoms with Crippen LogP contribution in [0.15, 0.2) is 60.0 Å². The lowest BCUT2D eigenvalue weighted by Gasteiger charge is -2.15. The molecule has 0 aromatic heterocycles. The zero-order chi connectivity index (χ0) is 16.7. The first-order chi connectivity index (χ1) is 11.0. The molecule has 0 radical (unpaired) electrons. The summed E-state index contributed by atoms with van der Waals surface area (Å²) in [7, 11) is -1.90. The van der Waals surface area contributed by atoms with Gasteiger partial charge in [-0.2, -0.15) is 4.31 Å². The summed E-state index contributed by atoms with van der Waals surface area (Å²) in [6.07, 6.45) is 1.59. The molecule has 0 atom stereocenters. The van der Waals surface area contributed by atoms with Gasteiger partial charge in [0.15, 0.2) is 0 Å². The minimum absolute atomic E-state index is 0.287. The third kappa shape index (κ3) is 5.54. The van der Waals surface area contributed by atoms with E-state index in [0.29, 0.717) is 6.61 Å². The van der Waals surface area contributed by atoms with Gasteiger partial charge in [0.05, 0.1) is 0 Å². The summed E-state index contributed by atoms with van der Waals surface area (Å²) >= 11 is 0. The van der Waals surface area contributed by atoms with E-state index in [4.69, 9.17) is 4.74 Å². The molecular weight excluding hydrogens is 310 g/mol. The smallest absolute Gasteiger partial charge is 0.236 e. The van der Waals surface area contributed by atoms with Gasteiger partial charge in [-0.15, -0.1) is 0 Å². The first-order valence-corrected chi connectivity index (χ1v) is 8.87. The molecule has 0 N–H and O–H groups in total. The summed E-state index contributed by atoms with van der Waals surface area (Å²) in [5.74, 6) is 0.737. The Balaban J connectivity index is 1.87. The molecule has 23 heavy (non-hydrogen) atoms. The van der Waals surface area contributed by atoms with Crippen LogP contribution < -0.4 is 4.74 Å². The van der Waals surface area contributed by atoms with Crippen LogP contribution in [0.25, 0.3) is 6.08 Å². The standard InChI is InChI=1S/C18H21NO3S/c1-16-8-10-18(11-9-16)22-14-13-19(2)23(20,21)15-12-17-6-4-3-5-7-17/h3-12,15H,13-14H2,1-2H3/b15-12+. The van der Waals surface area contributed by atoms with Crippen molar-refractivity contribution in [3.8, 4) is 5.75 Å². The number of ether oxygens (including phenoxy) is 1. The van der Waals surface area contributed by atoms with Crippen molar-refractivity contribution in [1.82, 2.24) is 4.31 Å². The fourth-order valence-electron chi connectivity index (χ4n) is 1.89. The molecule has 0 amide bonds. The maximum absolute atomic E-state index is 12.2. The average Bonchev–Trinajstić information content (AvgIpc) is 2.56. The molecule has 0 fully saturated rings. The molecule has 0 bridgehead atoms. The van der Waals surface area contributed by atoms with Crippen LogP contribution in [0.1, 0.15) is 11.1 Å². The lowest BCUT2D eigenvalue weighted by molar-refractivity contribution is 0.288. The minimum Gasteiger partial charge on any atom is -0.492 e. The second-order valence-corrected chi connectivity index (χ2v) is 7.17. The van der Waals surface area contributed by atoms with E-state index in [-0.39, 0.29) is 6.54 Å². The van der Waals surface area contributed by atoms with E-state index in [1.54, 1.807) is 13.1 Å². The van der Waals surface area contributed by atoms with Crippen LogP contribution in [0.3, 0.4) is 0 Å². The number of hydrogen-bond donors (Lipinski definition) is 0. The fraction of sp³-hybridized carbons (Fsp3) is 0.222. The molecule has 0 aliphatic rings. The molecule has 0 aliphatic carbocycles. The van der Waals surface area contributed by atoms with E-state index in [9.17, 15) is 8.42 Å². The van der Waals surface area contributed by atoms with Gasteiger partial charge < -0.3 is 4.74 Å². The van der Waals surface area contributed by atoms with Gasteiger partial charge in [-0.25, -0.2) is 8.42 Å². The summed E-state index contributed by atoms with van der Waals surface area (Å²) in [4.78, 5) is 0. The van der Waals surface area contributed by atoms with Crippen LogP contribution in [-0.4, -0.2) is 32.9 Å². The van der Waals surface area contributed by atoms with Gasteiger partial charge >= 0.3 is 0 Å². The second-order valence-electron chi connectivity index (χ2n) is 5.24. The predicted molar refractivity (Wildman–Crippen MR) is 93.7 cm³/mol. The Bertz CT molecular complexity index is 738. The van der Waals surface area contributed by atoms with Crippen LogP contribution in [0.2, 0.25) is 0 Å². The zero-order valence-electron chi connectivity index (χ0n) is 13.3. The average molecular weight is 331 g/mol. The van der Waals surface area contributed by atoms with Crippen molar-refractivity contribution in [2.24, 2.45) is 0 Å². The Labute approximate surface area is 138 Å². The molecule has 4 nitrogen and oxygen atoms in total. The highest BCUT2D eigenvalue weighted by molar-refractivity contribution is 7.92. The molecule has 2 aromatic rings. The highest BCUT2D eigenvalue weighted by atomic mass is 32.2. The Morgan fingerprint density at radius 1 is 1.04 bits per heavy atom. The minimum atomic E-state index is -3.45. The lowest BCUT2D eigenvalue weighted by atomic mass is 10.2. The van der Waals surface area contributed by atoms with Crippen molar-refractivity contribution < 1.29 is 13.2 Å². The molecule has 0 saturated heterocycles. The van der Waals surface area contributed by atoms with Gasteiger partial charge in [0.2, 0.25) is 10.0 Å². The SMILES string of the molecule is Cc1ccc(OCCN(C)S(=O)(=O)/C=C/c2ccccc2)cc1. The number of likely N-dealkylation sites (N-methyl/N-ethyl adjacent to an activating group) is 1. The lowest BCUT2D eigenvalue weighted by Crippen LogP contribution is -2.29. The zero-order valence-corrected chi connectivity index (χ0v) is 14.2. The van der Waals surface area contributed by atoms with Gasteiger partial charge in [-0.3, -0.25) is 0 Å². The molecule has 0 unspecified atom stereocenters. The van der Waals surface area contributed by atoms with Crippen molar-refractivity contribution in [2.75, 3.05) is 20.2 Å². The van der Waals surface area contributed by atoms with Crippen LogP contribution in [0.5, 0.6) is 5.75 Å². The van der Waals surface area contributed by atoms with E-state index in [1.165, 1.54) is 9.71 Å². The summed E-state index contributed by atoms with van der Waals surface area (Å²) in [6, 6.07) is 17.0. The van der Waals surface area contributed by atoms with Crippen molar-refractivity contribution in [1.29, 1.82) is 0 Å². The first kappa shape index (κ1) is 17.2. The summed E-state index contributed by atoms with van der Waals surface area (Å²) < 4.78 is 31.2. The van der Waals surface area contributed by atoms with E-state index < -0.39 is 10.0 Å². The first-order valence-electron chi connectivity index (χ1n) is 7.36. The number of sulfonamides is 1. The highest BCUT2D eigenvalue weighted by Crippen LogP contribution is 2.12. The number of nitrogens with zero attached hydrogens (tertiary/aromatic N) is 1. The van der Waals surface area contributed by atoms with Gasteiger partial charge in [0.25, 0.3) is 0 Å². The van der Waals surface area contributed by atoms with Crippen molar-refractivity contribution in [2.45, 2.75) is 6.92 Å². The maximum Gasteiger partial charge on any atom is 0.236 e. The third-order valence-corrected chi connectivity index (χ3v) is 4.89. The van der Waals surface area contributed by atoms with Crippen molar-refractivity contribution in [3.63, 3.8) is 0 Å². The summed E-state index contributed by atoms with van der Waals surface area (Å²) in [5, 5.41) is 1.22. The molecule has 2 aromatic carbocycles. The molecule has 0 spiro atoms. The Morgan fingerprint density at radius 2 is 1.70 bits per heavy atom. The normalized spacial score (nSPS) is 12.0. The van der Waals surface area contributed by atoms with Crippen molar-refractivity contribution in [3.05, 3.63) is 71.1 Å². The number of rotatable bonds is 7. The van der Waals surface area contributed by atoms with Crippen LogP contribution in [0, 0.1) is 6.92 Å². The molecule has 0 heterocycles. The van der Waals surface area contributed by atoms with E-state index in [0.717, 1.165) is 16.9 Å². The van der Waals surface area contributed by atoms with Gasteiger partial charge in [0, 0.05) is 19.0 Å². The third-order valence-electron chi connectivity index (χ3n) is 3.36. The monoisotopic (exact) mass is 331 g/mol. The highest BCUT2D eigenvalue weighted by Gasteiger charge is 2.13. The van der Waals surface area contributed by atoms with E-state index >= 15 is 0 Å². The Hall–Kier alpha value is -2.11. The van der Waals surface area contributed by atoms with Gasteiger partial charge in [-0.1, -0.05) is 48.0 Å².